The lowest BCUT2D eigenvalue weighted by Gasteiger charge is -2.00. The van der Waals surface area contributed by atoms with Crippen molar-refractivity contribution in [2.75, 3.05) is 13.7 Å². The van der Waals surface area contributed by atoms with Crippen LogP contribution in [0.4, 0.5) is 0 Å². The average molecular weight is 234 g/mol. The molecule has 1 heterocycles. The Kier molecular flexibility index (Phi) is 5.43. The maximum atomic E-state index is 11.3. The Labute approximate surface area is 99.5 Å². The molecule has 90 valence electrons. The minimum absolute atomic E-state index is 0.170. The molecule has 0 saturated carbocycles. The van der Waals surface area contributed by atoms with Crippen LogP contribution in [-0.4, -0.2) is 30.5 Å². The van der Waals surface area contributed by atoms with E-state index in [1.807, 2.05) is 6.07 Å². The molecular formula is C12H14N2O3. The number of esters is 1. The summed E-state index contributed by atoms with van der Waals surface area (Å²) in [6, 6.07) is 3.63. The van der Waals surface area contributed by atoms with Crippen LogP contribution in [0.3, 0.4) is 0 Å². The number of nitrogens with zero attached hydrogens (tertiary/aromatic N) is 1. The Morgan fingerprint density at radius 3 is 3.00 bits per heavy atom. The third kappa shape index (κ3) is 5.46. The average Bonchev–Trinajstić information content (AvgIpc) is 2.37. The number of pyridine rings is 1. The van der Waals surface area contributed by atoms with Gasteiger partial charge in [-0.2, -0.15) is 0 Å². The predicted molar refractivity (Wildman–Crippen MR) is 62.9 cm³/mol. The van der Waals surface area contributed by atoms with Gasteiger partial charge >= 0.3 is 5.97 Å². The Hall–Kier alpha value is -2.17. The van der Waals surface area contributed by atoms with Crippen LogP contribution in [0.15, 0.2) is 30.6 Å². The van der Waals surface area contributed by atoms with Gasteiger partial charge < -0.3 is 10.1 Å². The third-order valence-electron chi connectivity index (χ3n) is 1.97. The molecule has 0 fully saturated rings. The first-order valence-corrected chi connectivity index (χ1v) is 5.15. The molecule has 0 radical (unpaired) electrons. The summed E-state index contributed by atoms with van der Waals surface area (Å²) in [6.45, 7) is 0.267. The maximum Gasteiger partial charge on any atom is 0.307 e. The lowest BCUT2D eigenvalue weighted by molar-refractivity contribution is -0.140. The fourth-order valence-corrected chi connectivity index (χ4v) is 1.10. The minimum Gasteiger partial charge on any atom is -0.469 e. The van der Waals surface area contributed by atoms with Crippen molar-refractivity contribution in [3.63, 3.8) is 0 Å². The van der Waals surface area contributed by atoms with Crippen molar-refractivity contribution >= 4 is 18.0 Å². The highest BCUT2D eigenvalue weighted by atomic mass is 16.5. The van der Waals surface area contributed by atoms with Gasteiger partial charge in [0.25, 0.3) is 0 Å². The van der Waals surface area contributed by atoms with E-state index in [2.05, 4.69) is 15.0 Å². The molecule has 0 aliphatic rings. The van der Waals surface area contributed by atoms with Gasteiger partial charge in [-0.1, -0.05) is 6.07 Å². The number of carbonyl (C=O) groups is 2. The summed E-state index contributed by atoms with van der Waals surface area (Å²) in [5.74, 6) is -0.598. The van der Waals surface area contributed by atoms with Gasteiger partial charge in [0.05, 0.1) is 13.5 Å². The summed E-state index contributed by atoms with van der Waals surface area (Å²) in [5, 5.41) is 2.57. The summed E-state index contributed by atoms with van der Waals surface area (Å²) in [7, 11) is 1.31. The van der Waals surface area contributed by atoms with E-state index in [0.29, 0.717) is 0 Å². The minimum atomic E-state index is -0.346. The lowest BCUT2D eigenvalue weighted by atomic mass is 10.2. The van der Waals surface area contributed by atoms with Gasteiger partial charge in [-0.3, -0.25) is 14.6 Å². The zero-order valence-electron chi connectivity index (χ0n) is 9.55. The van der Waals surface area contributed by atoms with Crippen molar-refractivity contribution in [3.05, 3.63) is 36.2 Å². The van der Waals surface area contributed by atoms with Gasteiger partial charge in [0, 0.05) is 25.0 Å². The normalized spacial score (nSPS) is 10.2. The number of nitrogens with one attached hydrogen (secondary N) is 1. The summed E-state index contributed by atoms with van der Waals surface area (Å²) in [4.78, 5) is 26.0. The smallest absolute Gasteiger partial charge is 0.307 e. The van der Waals surface area contributed by atoms with Crippen LogP contribution in [-0.2, 0) is 14.3 Å². The van der Waals surface area contributed by atoms with Gasteiger partial charge in [0.2, 0.25) is 5.91 Å². The molecule has 0 spiro atoms. The molecule has 1 aromatic heterocycles. The fourth-order valence-electron chi connectivity index (χ4n) is 1.10. The maximum absolute atomic E-state index is 11.3. The first-order valence-electron chi connectivity index (χ1n) is 5.15. The Bertz CT molecular complexity index is 401. The third-order valence-corrected chi connectivity index (χ3v) is 1.97. The molecule has 0 unspecified atom stereocenters. The van der Waals surface area contributed by atoms with E-state index in [-0.39, 0.29) is 24.8 Å². The van der Waals surface area contributed by atoms with Crippen LogP contribution >= 0.6 is 0 Å². The molecule has 0 aromatic carbocycles. The molecule has 0 bridgehead atoms. The molecule has 1 aromatic rings. The quantitative estimate of drug-likeness (QED) is 0.603. The van der Waals surface area contributed by atoms with E-state index in [1.54, 1.807) is 24.5 Å². The monoisotopic (exact) mass is 234 g/mol. The number of ether oxygens (including phenoxy) is 1. The van der Waals surface area contributed by atoms with Crippen LogP contribution in [0.2, 0.25) is 0 Å². The van der Waals surface area contributed by atoms with Crippen molar-refractivity contribution in [1.29, 1.82) is 0 Å². The van der Waals surface area contributed by atoms with E-state index >= 15 is 0 Å². The lowest BCUT2D eigenvalue weighted by Crippen LogP contribution is -2.24. The molecular weight excluding hydrogens is 220 g/mol. The van der Waals surface area contributed by atoms with Crippen LogP contribution in [0.5, 0.6) is 0 Å². The highest BCUT2D eigenvalue weighted by molar-refractivity contribution is 5.91. The molecule has 0 atom stereocenters. The highest BCUT2D eigenvalue weighted by Crippen LogP contribution is 1.97. The molecule has 5 heteroatoms. The van der Waals surface area contributed by atoms with E-state index in [0.717, 1.165) is 5.56 Å². The highest BCUT2D eigenvalue weighted by Gasteiger charge is 2.00. The van der Waals surface area contributed by atoms with E-state index < -0.39 is 0 Å². The van der Waals surface area contributed by atoms with Gasteiger partial charge in [0.15, 0.2) is 0 Å². The molecule has 1 amide bonds. The summed E-state index contributed by atoms with van der Waals surface area (Å²) >= 11 is 0. The zero-order chi connectivity index (χ0) is 12.5. The van der Waals surface area contributed by atoms with Gasteiger partial charge in [-0.15, -0.1) is 0 Å². The second-order valence-electron chi connectivity index (χ2n) is 3.24. The zero-order valence-corrected chi connectivity index (χ0v) is 9.55. The fraction of sp³-hybridized carbons (Fsp3) is 0.250. The number of amides is 1. The molecule has 0 saturated heterocycles. The van der Waals surface area contributed by atoms with Gasteiger partial charge in [-0.05, 0) is 17.7 Å². The Balaban J connectivity index is 2.30. The van der Waals surface area contributed by atoms with Gasteiger partial charge in [-0.25, -0.2) is 0 Å². The molecule has 0 aliphatic carbocycles. The number of rotatable bonds is 5. The van der Waals surface area contributed by atoms with Crippen molar-refractivity contribution in [2.24, 2.45) is 0 Å². The first-order chi connectivity index (χ1) is 8.22. The SMILES string of the molecule is COC(=O)CCNC(=O)/C=C\c1cccnc1. The summed E-state index contributed by atoms with van der Waals surface area (Å²) in [6.07, 6.45) is 6.53. The number of hydrogen-bond donors (Lipinski definition) is 1. The summed E-state index contributed by atoms with van der Waals surface area (Å²) in [5.41, 5.74) is 0.843. The number of aromatic nitrogens is 1. The van der Waals surface area contributed by atoms with E-state index in [9.17, 15) is 9.59 Å². The van der Waals surface area contributed by atoms with Crippen molar-refractivity contribution < 1.29 is 14.3 Å². The second-order valence-corrected chi connectivity index (χ2v) is 3.24. The number of carbonyl (C=O) groups excluding carboxylic acids is 2. The van der Waals surface area contributed by atoms with Crippen LogP contribution in [0.1, 0.15) is 12.0 Å². The van der Waals surface area contributed by atoms with Crippen molar-refractivity contribution in [2.45, 2.75) is 6.42 Å². The van der Waals surface area contributed by atoms with Crippen LogP contribution < -0.4 is 5.32 Å². The molecule has 5 nitrogen and oxygen atoms in total. The molecule has 1 rings (SSSR count). The van der Waals surface area contributed by atoms with Crippen LogP contribution in [0, 0.1) is 0 Å². The largest absolute Gasteiger partial charge is 0.469 e. The summed E-state index contributed by atoms with van der Waals surface area (Å²) < 4.78 is 4.44. The number of methoxy groups -OCH3 is 1. The standard InChI is InChI=1S/C12H14N2O3/c1-17-12(16)6-8-14-11(15)5-4-10-3-2-7-13-9-10/h2-5,7,9H,6,8H2,1H3,(H,14,15)/b5-4-. The molecule has 17 heavy (non-hydrogen) atoms. The van der Waals surface area contributed by atoms with E-state index in [1.165, 1.54) is 13.2 Å². The van der Waals surface area contributed by atoms with Crippen molar-refractivity contribution in [1.82, 2.24) is 10.3 Å². The van der Waals surface area contributed by atoms with Crippen molar-refractivity contribution in [3.8, 4) is 0 Å². The van der Waals surface area contributed by atoms with E-state index in [4.69, 9.17) is 0 Å². The second kappa shape index (κ2) is 7.16. The van der Waals surface area contributed by atoms with Crippen LogP contribution in [0.25, 0.3) is 6.08 Å². The molecule has 0 aliphatic heterocycles. The Morgan fingerprint density at radius 2 is 2.35 bits per heavy atom. The predicted octanol–water partition coefficient (Wildman–Crippen LogP) is 0.774. The number of hydrogen-bond acceptors (Lipinski definition) is 4. The molecule has 1 N–H and O–H groups in total. The first kappa shape index (κ1) is 12.9. The Morgan fingerprint density at radius 1 is 1.53 bits per heavy atom. The topological polar surface area (TPSA) is 68.3 Å². The van der Waals surface area contributed by atoms with Gasteiger partial charge in [0.1, 0.15) is 0 Å².